The first kappa shape index (κ1) is 13.7. The molecular formula is C12H13N3O2S2. The van der Waals surface area contributed by atoms with Crippen molar-refractivity contribution in [1.29, 1.82) is 0 Å². The van der Waals surface area contributed by atoms with Crippen molar-refractivity contribution < 1.29 is 8.42 Å². The fraction of sp³-hybridized carbons (Fsp3) is 0.0833. The molecule has 1 aromatic heterocycles. The summed E-state index contributed by atoms with van der Waals surface area (Å²) in [5.41, 5.74) is 6.28. The van der Waals surface area contributed by atoms with Gasteiger partial charge in [-0.2, -0.15) is 8.42 Å². The summed E-state index contributed by atoms with van der Waals surface area (Å²) in [7, 11) is -3.78. The Hall–Kier alpha value is -1.73. The maximum atomic E-state index is 12.2. The average Bonchev–Trinajstić information content (AvgIpc) is 2.39. The SMILES string of the molecule is CSc1ccccc1NS(=O)(=O)c1ncccc1N. The molecule has 0 radical (unpaired) electrons. The maximum Gasteiger partial charge on any atom is 0.281 e. The van der Waals surface area contributed by atoms with Crippen LogP contribution in [0.3, 0.4) is 0 Å². The summed E-state index contributed by atoms with van der Waals surface area (Å²) in [4.78, 5) is 4.65. The predicted molar refractivity (Wildman–Crippen MR) is 77.7 cm³/mol. The largest absolute Gasteiger partial charge is 0.396 e. The number of nitrogens with one attached hydrogen (secondary N) is 1. The molecule has 0 aliphatic heterocycles. The first-order valence-electron chi connectivity index (χ1n) is 5.41. The van der Waals surface area contributed by atoms with E-state index in [1.54, 1.807) is 18.2 Å². The number of hydrogen-bond donors (Lipinski definition) is 2. The van der Waals surface area contributed by atoms with E-state index in [2.05, 4.69) is 9.71 Å². The lowest BCUT2D eigenvalue weighted by molar-refractivity contribution is 0.598. The third-order valence-electron chi connectivity index (χ3n) is 2.41. The zero-order valence-electron chi connectivity index (χ0n) is 10.2. The molecule has 0 unspecified atom stereocenters. The van der Waals surface area contributed by atoms with Crippen LogP contribution in [0.25, 0.3) is 0 Å². The van der Waals surface area contributed by atoms with Crippen molar-refractivity contribution in [3.63, 3.8) is 0 Å². The van der Waals surface area contributed by atoms with E-state index in [-0.39, 0.29) is 10.7 Å². The number of sulfonamides is 1. The number of pyridine rings is 1. The Morgan fingerprint density at radius 3 is 2.63 bits per heavy atom. The topological polar surface area (TPSA) is 85.1 Å². The molecule has 0 aliphatic carbocycles. The normalized spacial score (nSPS) is 11.2. The minimum Gasteiger partial charge on any atom is -0.396 e. The van der Waals surface area contributed by atoms with E-state index in [4.69, 9.17) is 5.73 Å². The number of nitrogens with zero attached hydrogens (tertiary/aromatic N) is 1. The second-order valence-electron chi connectivity index (χ2n) is 3.70. The third-order valence-corrected chi connectivity index (χ3v) is 4.54. The van der Waals surface area contributed by atoms with Gasteiger partial charge in [0, 0.05) is 11.1 Å². The second-order valence-corrected chi connectivity index (χ2v) is 6.15. The summed E-state index contributed by atoms with van der Waals surface area (Å²) in [5.74, 6) is 0. The molecule has 0 aliphatic rings. The zero-order chi connectivity index (χ0) is 13.9. The van der Waals surface area contributed by atoms with Crippen molar-refractivity contribution in [2.45, 2.75) is 9.92 Å². The van der Waals surface area contributed by atoms with Gasteiger partial charge in [0.1, 0.15) is 0 Å². The van der Waals surface area contributed by atoms with Crippen LogP contribution in [0.15, 0.2) is 52.5 Å². The van der Waals surface area contributed by atoms with Gasteiger partial charge in [0.05, 0.1) is 11.4 Å². The van der Waals surface area contributed by atoms with Gasteiger partial charge in [0.15, 0.2) is 5.03 Å². The van der Waals surface area contributed by atoms with Gasteiger partial charge >= 0.3 is 0 Å². The van der Waals surface area contributed by atoms with Gasteiger partial charge in [0.2, 0.25) is 0 Å². The van der Waals surface area contributed by atoms with Crippen LogP contribution in [-0.4, -0.2) is 19.7 Å². The van der Waals surface area contributed by atoms with Gasteiger partial charge in [0.25, 0.3) is 10.0 Å². The minimum absolute atomic E-state index is 0.122. The molecule has 1 aromatic carbocycles. The average molecular weight is 295 g/mol. The van der Waals surface area contributed by atoms with Crippen LogP contribution in [0.4, 0.5) is 11.4 Å². The number of thioether (sulfide) groups is 1. The van der Waals surface area contributed by atoms with Crippen molar-refractivity contribution in [2.75, 3.05) is 16.7 Å². The van der Waals surface area contributed by atoms with E-state index < -0.39 is 10.0 Å². The molecule has 0 amide bonds. The third kappa shape index (κ3) is 2.99. The molecular weight excluding hydrogens is 282 g/mol. The monoisotopic (exact) mass is 295 g/mol. The zero-order valence-corrected chi connectivity index (χ0v) is 11.8. The molecule has 100 valence electrons. The fourth-order valence-corrected chi connectivity index (χ4v) is 3.31. The van der Waals surface area contributed by atoms with E-state index in [9.17, 15) is 8.42 Å². The highest BCUT2D eigenvalue weighted by Gasteiger charge is 2.19. The van der Waals surface area contributed by atoms with E-state index in [0.29, 0.717) is 5.69 Å². The fourth-order valence-electron chi connectivity index (χ4n) is 1.55. The lowest BCUT2D eigenvalue weighted by Gasteiger charge is -2.11. The maximum absolute atomic E-state index is 12.2. The van der Waals surface area contributed by atoms with Gasteiger partial charge in [-0.15, -0.1) is 11.8 Å². The highest BCUT2D eigenvalue weighted by molar-refractivity contribution is 7.99. The predicted octanol–water partition coefficient (Wildman–Crippen LogP) is 2.19. The molecule has 0 saturated carbocycles. The van der Waals surface area contributed by atoms with Gasteiger partial charge in [-0.3, -0.25) is 4.72 Å². The van der Waals surface area contributed by atoms with Gasteiger partial charge in [-0.25, -0.2) is 4.98 Å². The molecule has 1 heterocycles. The summed E-state index contributed by atoms with van der Waals surface area (Å²) in [6.45, 7) is 0. The Morgan fingerprint density at radius 1 is 1.21 bits per heavy atom. The summed E-state index contributed by atoms with van der Waals surface area (Å²) in [5, 5.41) is -0.161. The number of nitrogens with two attached hydrogens (primary N) is 1. The molecule has 0 atom stereocenters. The Kier molecular flexibility index (Phi) is 3.96. The van der Waals surface area contributed by atoms with Crippen molar-refractivity contribution in [3.8, 4) is 0 Å². The summed E-state index contributed by atoms with van der Waals surface area (Å²) >= 11 is 1.46. The second kappa shape index (κ2) is 5.50. The molecule has 0 fully saturated rings. The van der Waals surface area contributed by atoms with Crippen LogP contribution in [0.2, 0.25) is 0 Å². The van der Waals surface area contributed by atoms with Crippen LogP contribution in [0.5, 0.6) is 0 Å². The molecule has 0 bridgehead atoms. The van der Waals surface area contributed by atoms with Crippen molar-refractivity contribution in [1.82, 2.24) is 4.98 Å². The van der Waals surface area contributed by atoms with Gasteiger partial charge in [-0.1, -0.05) is 12.1 Å². The lowest BCUT2D eigenvalue weighted by Crippen LogP contribution is -2.16. The molecule has 2 rings (SSSR count). The number of nitrogen functional groups attached to an aromatic ring is 1. The molecule has 3 N–H and O–H groups in total. The standard InChI is InChI=1S/C12H13N3O2S2/c1-18-11-7-3-2-6-10(11)15-19(16,17)12-9(13)5-4-8-14-12/h2-8,15H,13H2,1H3. The molecule has 5 nitrogen and oxygen atoms in total. The summed E-state index contributed by atoms with van der Waals surface area (Å²) < 4.78 is 27.0. The number of aromatic nitrogens is 1. The number of benzene rings is 1. The lowest BCUT2D eigenvalue weighted by atomic mass is 10.3. The van der Waals surface area contributed by atoms with E-state index in [1.165, 1.54) is 24.0 Å². The van der Waals surface area contributed by atoms with Gasteiger partial charge in [-0.05, 0) is 30.5 Å². The minimum atomic E-state index is -3.78. The molecule has 2 aromatic rings. The molecule has 0 saturated heterocycles. The molecule has 0 spiro atoms. The van der Waals surface area contributed by atoms with Crippen LogP contribution in [0.1, 0.15) is 0 Å². The number of hydrogen-bond acceptors (Lipinski definition) is 5. The number of rotatable bonds is 4. The first-order chi connectivity index (χ1) is 9.04. The Bertz CT molecular complexity index is 687. The Balaban J connectivity index is 2.40. The van der Waals surface area contributed by atoms with Crippen LogP contribution >= 0.6 is 11.8 Å². The highest BCUT2D eigenvalue weighted by Crippen LogP contribution is 2.27. The van der Waals surface area contributed by atoms with Crippen LogP contribution in [0, 0.1) is 0 Å². The van der Waals surface area contributed by atoms with E-state index >= 15 is 0 Å². The van der Waals surface area contributed by atoms with Crippen molar-refractivity contribution in [3.05, 3.63) is 42.6 Å². The first-order valence-corrected chi connectivity index (χ1v) is 8.12. The molecule has 7 heteroatoms. The quantitative estimate of drug-likeness (QED) is 0.845. The highest BCUT2D eigenvalue weighted by atomic mass is 32.2. The van der Waals surface area contributed by atoms with E-state index in [1.807, 2.05) is 18.4 Å². The smallest absolute Gasteiger partial charge is 0.281 e. The Labute approximate surface area is 116 Å². The molecule has 19 heavy (non-hydrogen) atoms. The number of anilines is 2. The van der Waals surface area contributed by atoms with Crippen LogP contribution < -0.4 is 10.5 Å². The van der Waals surface area contributed by atoms with Gasteiger partial charge < -0.3 is 5.73 Å². The van der Waals surface area contributed by atoms with E-state index in [0.717, 1.165) is 4.90 Å². The summed E-state index contributed by atoms with van der Waals surface area (Å²) in [6.07, 6.45) is 3.27. The van der Waals surface area contributed by atoms with Crippen LogP contribution in [-0.2, 0) is 10.0 Å². The number of para-hydroxylation sites is 1. The Morgan fingerprint density at radius 2 is 1.95 bits per heavy atom. The summed E-state index contributed by atoms with van der Waals surface area (Å²) in [6, 6.07) is 10.2. The van der Waals surface area contributed by atoms with Crippen molar-refractivity contribution >= 4 is 33.2 Å². The van der Waals surface area contributed by atoms with Crippen molar-refractivity contribution in [2.24, 2.45) is 0 Å².